The molecule has 0 heterocycles. The molecule has 0 saturated heterocycles. The minimum Gasteiger partial charge on any atom is -0.397 e. The second-order valence-electron chi connectivity index (χ2n) is 6.04. The van der Waals surface area contributed by atoms with E-state index in [-0.39, 0.29) is 0 Å². The van der Waals surface area contributed by atoms with Crippen LogP contribution >= 0.6 is 0 Å². The summed E-state index contributed by atoms with van der Waals surface area (Å²) in [5, 5.41) is 13.3. The van der Waals surface area contributed by atoms with Gasteiger partial charge in [0.1, 0.15) is 0 Å². The average molecular weight is 248 g/mol. The summed E-state index contributed by atoms with van der Waals surface area (Å²) in [7, 11) is 0. The van der Waals surface area contributed by atoms with Crippen molar-refractivity contribution in [3.05, 3.63) is 23.8 Å². The summed E-state index contributed by atoms with van der Waals surface area (Å²) in [6.07, 6.45) is 5.74. The van der Waals surface area contributed by atoms with Gasteiger partial charge in [-0.3, -0.25) is 0 Å². The Morgan fingerprint density at radius 3 is 2.56 bits per heavy atom. The number of aliphatic hydroxyl groups is 1. The number of nitrogens with two attached hydrogens (primary N) is 1. The van der Waals surface area contributed by atoms with Crippen molar-refractivity contribution in [2.24, 2.45) is 0 Å². The smallest absolute Gasteiger partial charge is 0.0631 e. The number of hydrogen-bond acceptors (Lipinski definition) is 3. The predicted molar refractivity (Wildman–Crippen MR) is 76.7 cm³/mol. The Morgan fingerprint density at radius 1 is 1.33 bits per heavy atom. The van der Waals surface area contributed by atoms with Crippen molar-refractivity contribution in [3.8, 4) is 0 Å². The molecular weight excluding hydrogens is 224 g/mol. The van der Waals surface area contributed by atoms with Crippen LogP contribution in [-0.2, 0) is 6.42 Å². The van der Waals surface area contributed by atoms with Gasteiger partial charge in [0.2, 0.25) is 0 Å². The third-order valence-corrected chi connectivity index (χ3v) is 3.47. The fourth-order valence-electron chi connectivity index (χ4n) is 2.64. The third kappa shape index (κ3) is 3.64. The highest BCUT2D eigenvalue weighted by atomic mass is 16.3. The maximum absolute atomic E-state index is 9.80. The lowest BCUT2D eigenvalue weighted by molar-refractivity contribution is 0.0810. The molecule has 3 heteroatoms. The summed E-state index contributed by atoms with van der Waals surface area (Å²) in [6, 6.07) is 6.63. The van der Waals surface area contributed by atoms with Crippen LogP contribution in [0, 0.1) is 0 Å². The van der Waals surface area contributed by atoms with Crippen molar-refractivity contribution < 1.29 is 5.11 Å². The van der Waals surface area contributed by atoms with E-state index in [1.165, 1.54) is 25.7 Å². The Balaban J connectivity index is 2.04. The standard InChI is InChI=1S/C15H24N2O/c1-15(2,18)10-11-7-8-14(13(16)9-11)17-12-5-3-4-6-12/h7-9,12,17-18H,3-6,10,16H2,1-2H3. The van der Waals surface area contributed by atoms with E-state index in [0.717, 1.165) is 16.9 Å². The molecule has 1 saturated carbocycles. The van der Waals surface area contributed by atoms with Gasteiger partial charge in [0, 0.05) is 12.5 Å². The highest BCUT2D eigenvalue weighted by Gasteiger charge is 2.17. The van der Waals surface area contributed by atoms with Gasteiger partial charge in [-0.1, -0.05) is 18.9 Å². The topological polar surface area (TPSA) is 58.3 Å². The van der Waals surface area contributed by atoms with Crippen molar-refractivity contribution in [1.82, 2.24) is 0 Å². The van der Waals surface area contributed by atoms with Crippen molar-refractivity contribution >= 4 is 11.4 Å². The van der Waals surface area contributed by atoms with Gasteiger partial charge in [0.05, 0.1) is 17.0 Å². The molecule has 1 aliphatic rings. The fraction of sp³-hybridized carbons (Fsp3) is 0.600. The van der Waals surface area contributed by atoms with Crippen LogP contribution < -0.4 is 11.1 Å². The van der Waals surface area contributed by atoms with Crippen LogP contribution in [0.4, 0.5) is 11.4 Å². The van der Waals surface area contributed by atoms with Gasteiger partial charge < -0.3 is 16.2 Å². The molecular formula is C15H24N2O. The molecule has 1 fully saturated rings. The Morgan fingerprint density at radius 2 is 2.00 bits per heavy atom. The number of benzene rings is 1. The van der Waals surface area contributed by atoms with Crippen LogP contribution in [0.3, 0.4) is 0 Å². The number of nitrogens with one attached hydrogen (secondary N) is 1. The van der Waals surface area contributed by atoms with Crippen molar-refractivity contribution in [2.75, 3.05) is 11.1 Å². The van der Waals surface area contributed by atoms with Gasteiger partial charge >= 0.3 is 0 Å². The van der Waals surface area contributed by atoms with Crippen LogP contribution in [0.2, 0.25) is 0 Å². The van der Waals surface area contributed by atoms with E-state index in [9.17, 15) is 5.11 Å². The van der Waals surface area contributed by atoms with Gasteiger partial charge in [0.15, 0.2) is 0 Å². The molecule has 18 heavy (non-hydrogen) atoms. The van der Waals surface area contributed by atoms with Gasteiger partial charge in [-0.15, -0.1) is 0 Å². The monoisotopic (exact) mass is 248 g/mol. The van der Waals surface area contributed by atoms with Crippen LogP contribution in [0.1, 0.15) is 45.1 Å². The van der Waals surface area contributed by atoms with Gasteiger partial charge in [-0.05, 0) is 44.4 Å². The van der Waals surface area contributed by atoms with E-state index in [4.69, 9.17) is 5.73 Å². The van der Waals surface area contributed by atoms with Crippen molar-refractivity contribution in [2.45, 2.75) is 57.6 Å². The second kappa shape index (κ2) is 5.19. The molecule has 100 valence electrons. The maximum Gasteiger partial charge on any atom is 0.0631 e. The highest BCUT2D eigenvalue weighted by Crippen LogP contribution is 2.27. The maximum atomic E-state index is 9.80. The summed E-state index contributed by atoms with van der Waals surface area (Å²) >= 11 is 0. The first-order chi connectivity index (χ1) is 8.44. The van der Waals surface area contributed by atoms with Crippen LogP contribution in [-0.4, -0.2) is 16.7 Å². The van der Waals surface area contributed by atoms with E-state index in [0.29, 0.717) is 12.5 Å². The summed E-state index contributed by atoms with van der Waals surface area (Å²) in [4.78, 5) is 0. The molecule has 1 aliphatic carbocycles. The minimum atomic E-state index is -0.688. The lowest BCUT2D eigenvalue weighted by atomic mass is 9.98. The van der Waals surface area contributed by atoms with Crippen LogP contribution in [0.15, 0.2) is 18.2 Å². The Hall–Kier alpha value is -1.22. The molecule has 0 aromatic heterocycles. The summed E-state index contributed by atoms with van der Waals surface area (Å²) in [5.74, 6) is 0. The Bertz CT molecular complexity index is 403. The van der Waals surface area contributed by atoms with Crippen LogP contribution in [0.5, 0.6) is 0 Å². The molecule has 1 aromatic rings. The first-order valence-corrected chi connectivity index (χ1v) is 6.81. The highest BCUT2D eigenvalue weighted by molar-refractivity contribution is 5.67. The third-order valence-electron chi connectivity index (χ3n) is 3.47. The molecule has 0 atom stereocenters. The molecule has 0 bridgehead atoms. The zero-order valence-electron chi connectivity index (χ0n) is 11.4. The zero-order chi connectivity index (χ0) is 13.2. The summed E-state index contributed by atoms with van der Waals surface area (Å²) in [5.41, 5.74) is 8.28. The average Bonchev–Trinajstić information content (AvgIpc) is 2.72. The van der Waals surface area contributed by atoms with E-state index < -0.39 is 5.60 Å². The number of rotatable bonds is 4. The molecule has 0 unspecified atom stereocenters. The van der Waals surface area contributed by atoms with Gasteiger partial charge in [-0.25, -0.2) is 0 Å². The molecule has 0 spiro atoms. The van der Waals surface area contributed by atoms with E-state index in [1.54, 1.807) is 0 Å². The molecule has 2 rings (SSSR count). The first-order valence-electron chi connectivity index (χ1n) is 6.81. The SMILES string of the molecule is CC(C)(O)Cc1ccc(NC2CCCC2)c(N)c1. The lowest BCUT2D eigenvalue weighted by Gasteiger charge is -2.19. The predicted octanol–water partition coefficient (Wildman–Crippen LogP) is 2.94. The number of anilines is 2. The van der Waals surface area contributed by atoms with E-state index in [2.05, 4.69) is 5.32 Å². The molecule has 1 aromatic carbocycles. The number of nitrogen functional groups attached to an aromatic ring is 1. The Labute approximate surface area is 109 Å². The molecule has 4 N–H and O–H groups in total. The van der Waals surface area contributed by atoms with E-state index >= 15 is 0 Å². The second-order valence-corrected chi connectivity index (χ2v) is 6.04. The Kier molecular flexibility index (Phi) is 3.81. The van der Waals surface area contributed by atoms with Gasteiger partial charge in [-0.2, -0.15) is 0 Å². The van der Waals surface area contributed by atoms with Crippen LogP contribution in [0.25, 0.3) is 0 Å². The lowest BCUT2D eigenvalue weighted by Crippen LogP contribution is -2.22. The van der Waals surface area contributed by atoms with Crippen molar-refractivity contribution in [3.63, 3.8) is 0 Å². The molecule has 0 amide bonds. The normalized spacial score (nSPS) is 17.1. The fourth-order valence-corrected chi connectivity index (χ4v) is 2.64. The largest absolute Gasteiger partial charge is 0.397 e. The summed E-state index contributed by atoms with van der Waals surface area (Å²) in [6.45, 7) is 3.63. The molecule has 0 aliphatic heterocycles. The summed E-state index contributed by atoms with van der Waals surface area (Å²) < 4.78 is 0. The zero-order valence-corrected chi connectivity index (χ0v) is 11.4. The van der Waals surface area contributed by atoms with Crippen molar-refractivity contribution in [1.29, 1.82) is 0 Å². The molecule has 3 nitrogen and oxygen atoms in total. The quantitative estimate of drug-likeness (QED) is 0.718. The number of hydrogen-bond donors (Lipinski definition) is 3. The van der Waals surface area contributed by atoms with Gasteiger partial charge in [0.25, 0.3) is 0 Å². The first kappa shape index (κ1) is 13.2. The minimum absolute atomic E-state index is 0.576. The van der Waals surface area contributed by atoms with E-state index in [1.807, 2.05) is 32.0 Å². The molecule has 0 radical (unpaired) electrons.